The fraction of sp³-hybridized carbons (Fsp3) is 0.562. The highest BCUT2D eigenvalue weighted by molar-refractivity contribution is 7.89. The van der Waals surface area contributed by atoms with E-state index in [4.69, 9.17) is 4.74 Å². The molecule has 0 unspecified atom stereocenters. The van der Waals surface area contributed by atoms with Gasteiger partial charge in [0.25, 0.3) is 0 Å². The number of alkyl halides is 3. The normalized spacial score (nSPS) is 22.0. The van der Waals surface area contributed by atoms with Crippen LogP contribution in [0.15, 0.2) is 18.2 Å². The molecule has 2 aliphatic heterocycles. The Bertz CT molecular complexity index is 770. The van der Waals surface area contributed by atoms with E-state index in [-0.39, 0.29) is 19.5 Å². The van der Waals surface area contributed by atoms with Crippen LogP contribution in [-0.4, -0.2) is 43.5 Å². The molecule has 0 radical (unpaired) electrons. The van der Waals surface area contributed by atoms with Crippen molar-refractivity contribution in [1.29, 1.82) is 0 Å². The minimum absolute atomic E-state index is 0.0192. The maximum atomic E-state index is 12.8. The number of sulfonamides is 1. The minimum Gasteiger partial charge on any atom is -0.370 e. The number of Topliss-reactive ketones (excluding diaryl/α,β-unsaturated/α-hetero) is 1. The van der Waals surface area contributed by atoms with Crippen molar-refractivity contribution in [1.82, 2.24) is 4.31 Å². The maximum Gasteiger partial charge on any atom is 0.416 e. The lowest BCUT2D eigenvalue weighted by atomic mass is 9.98. The standard InChI is InChI=1S/C16H18F3NO4S/c17-16(18,19)13-4-3-12-9-20(6-5-11(12)8-13)25(22,23)10-14(21)15-2-1-7-24-15/h3-4,8,15H,1-2,5-7,9-10H2/t15-/m1/s1. The van der Waals surface area contributed by atoms with Gasteiger partial charge in [-0.2, -0.15) is 17.5 Å². The lowest BCUT2D eigenvalue weighted by Gasteiger charge is -2.28. The molecule has 2 aliphatic rings. The molecule has 9 heteroatoms. The van der Waals surface area contributed by atoms with Gasteiger partial charge in [0.15, 0.2) is 5.78 Å². The van der Waals surface area contributed by atoms with Crippen LogP contribution in [0.3, 0.4) is 0 Å². The average molecular weight is 377 g/mol. The van der Waals surface area contributed by atoms with Crippen molar-refractivity contribution in [2.75, 3.05) is 18.9 Å². The van der Waals surface area contributed by atoms with Crippen molar-refractivity contribution < 1.29 is 31.1 Å². The lowest BCUT2D eigenvalue weighted by molar-refractivity contribution is -0.137. The summed E-state index contributed by atoms with van der Waals surface area (Å²) in [5.41, 5.74) is 0.287. The number of fused-ring (bicyclic) bond motifs is 1. The zero-order valence-electron chi connectivity index (χ0n) is 13.4. The molecule has 0 saturated carbocycles. The van der Waals surface area contributed by atoms with Gasteiger partial charge in [-0.05, 0) is 42.5 Å². The van der Waals surface area contributed by atoms with Gasteiger partial charge in [0, 0.05) is 19.7 Å². The molecule has 0 spiro atoms. The predicted octanol–water partition coefficient (Wildman–Crippen LogP) is 2.14. The van der Waals surface area contributed by atoms with Crippen LogP contribution in [0.1, 0.15) is 29.5 Å². The van der Waals surface area contributed by atoms with Crippen LogP contribution in [0.4, 0.5) is 13.2 Å². The molecule has 0 aromatic heterocycles. The van der Waals surface area contributed by atoms with Crippen LogP contribution in [0.5, 0.6) is 0 Å². The molecular weight excluding hydrogens is 359 g/mol. The molecule has 0 aliphatic carbocycles. The SMILES string of the molecule is O=C(CS(=O)(=O)N1CCc2cc(C(F)(F)F)ccc2C1)[C@H]1CCCO1. The number of carbonyl (C=O) groups is 1. The molecule has 1 aromatic carbocycles. The molecule has 1 saturated heterocycles. The summed E-state index contributed by atoms with van der Waals surface area (Å²) >= 11 is 0. The second-order valence-corrected chi connectivity index (χ2v) is 8.26. The van der Waals surface area contributed by atoms with Gasteiger partial charge < -0.3 is 4.74 Å². The molecule has 138 valence electrons. The Balaban J connectivity index is 1.72. The van der Waals surface area contributed by atoms with Gasteiger partial charge >= 0.3 is 6.18 Å². The van der Waals surface area contributed by atoms with Gasteiger partial charge in [0.05, 0.1) is 5.56 Å². The van der Waals surface area contributed by atoms with Crippen molar-refractivity contribution in [3.05, 3.63) is 34.9 Å². The largest absolute Gasteiger partial charge is 0.416 e. The Morgan fingerprint density at radius 2 is 2.04 bits per heavy atom. The maximum absolute atomic E-state index is 12.8. The Hall–Kier alpha value is -1.45. The second-order valence-electron chi connectivity index (χ2n) is 6.29. The molecule has 3 rings (SSSR count). The zero-order chi connectivity index (χ0) is 18.2. The average Bonchev–Trinajstić information content (AvgIpc) is 3.07. The Labute approximate surface area is 143 Å². The fourth-order valence-electron chi connectivity index (χ4n) is 3.14. The van der Waals surface area contributed by atoms with Crippen molar-refractivity contribution in [2.45, 2.75) is 38.1 Å². The molecular formula is C16H18F3NO4S. The Morgan fingerprint density at radius 1 is 1.28 bits per heavy atom. The summed E-state index contributed by atoms with van der Waals surface area (Å²) in [6.45, 7) is 0.499. The number of ketones is 1. The van der Waals surface area contributed by atoms with Gasteiger partial charge in [0.1, 0.15) is 11.9 Å². The molecule has 1 aromatic rings. The lowest BCUT2D eigenvalue weighted by Crippen LogP contribution is -2.41. The van der Waals surface area contributed by atoms with E-state index >= 15 is 0 Å². The molecule has 0 amide bonds. The number of ether oxygens (including phenoxy) is 1. The number of hydrogen-bond donors (Lipinski definition) is 0. The summed E-state index contributed by atoms with van der Waals surface area (Å²) in [7, 11) is -3.82. The number of hydrogen-bond acceptors (Lipinski definition) is 4. The first kappa shape index (κ1) is 18.3. The van der Waals surface area contributed by atoms with Crippen molar-refractivity contribution in [3.8, 4) is 0 Å². The van der Waals surface area contributed by atoms with Crippen molar-refractivity contribution >= 4 is 15.8 Å². The highest BCUT2D eigenvalue weighted by Crippen LogP contribution is 2.32. The summed E-state index contributed by atoms with van der Waals surface area (Å²) < 4.78 is 69.6. The third-order valence-electron chi connectivity index (χ3n) is 4.52. The molecule has 1 atom stereocenters. The Kier molecular flexibility index (Phi) is 4.91. The van der Waals surface area contributed by atoms with E-state index < -0.39 is 39.4 Å². The first-order chi connectivity index (χ1) is 11.7. The number of halogens is 3. The first-order valence-electron chi connectivity index (χ1n) is 7.98. The Morgan fingerprint density at radius 3 is 2.68 bits per heavy atom. The topological polar surface area (TPSA) is 63.7 Å². The number of carbonyl (C=O) groups excluding carboxylic acids is 1. The monoisotopic (exact) mass is 377 g/mol. The van der Waals surface area contributed by atoms with Crippen LogP contribution < -0.4 is 0 Å². The number of nitrogens with zero attached hydrogens (tertiary/aromatic N) is 1. The van der Waals surface area contributed by atoms with Crippen molar-refractivity contribution in [3.63, 3.8) is 0 Å². The van der Waals surface area contributed by atoms with Gasteiger partial charge in [-0.15, -0.1) is 0 Å². The molecule has 2 heterocycles. The third kappa shape index (κ3) is 4.04. The third-order valence-corrected chi connectivity index (χ3v) is 6.27. The van der Waals surface area contributed by atoms with Crippen LogP contribution in [-0.2, 0) is 38.7 Å². The van der Waals surface area contributed by atoms with E-state index in [2.05, 4.69) is 0 Å². The summed E-state index contributed by atoms with van der Waals surface area (Å²) in [5, 5.41) is 0. The summed E-state index contributed by atoms with van der Waals surface area (Å²) in [6.07, 6.45) is -3.65. The number of rotatable bonds is 4. The van der Waals surface area contributed by atoms with Crippen LogP contribution >= 0.6 is 0 Å². The van der Waals surface area contributed by atoms with Crippen LogP contribution in [0, 0.1) is 0 Å². The highest BCUT2D eigenvalue weighted by Gasteiger charge is 2.35. The van der Waals surface area contributed by atoms with Gasteiger partial charge in [0.2, 0.25) is 10.0 Å². The minimum atomic E-state index is -4.42. The van der Waals surface area contributed by atoms with E-state index in [0.717, 1.165) is 22.9 Å². The first-order valence-corrected chi connectivity index (χ1v) is 9.59. The van der Waals surface area contributed by atoms with Crippen LogP contribution in [0.25, 0.3) is 0 Å². The zero-order valence-corrected chi connectivity index (χ0v) is 14.2. The molecule has 0 bridgehead atoms. The quantitative estimate of drug-likeness (QED) is 0.807. The molecule has 0 N–H and O–H groups in total. The number of benzene rings is 1. The molecule has 1 fully saturated rings. The van der Waals surface area contributed by atoms with Gasteiger partial charge in [-0.25, -0.2) is 8.42 Å². The van der Waals surface area contributed by atoms with Gasteiger partial charge in [-0.3, -0.25) is 4.79 Å². The van der Waals surface area contributed by atoms with Crippen molar-refractivity contribution in [2.24, 2.45) is 0 Å². The molecule has 25 heavy (non-hydrogen) atoms. The smallest absolute Gasteiger partial charge is 0.370 e. The second kappa shape index (κ2) is 6.69. The van der Waals surface area contributed by atoms with E-state index in [0.29, 0.717) is 24.2 Å². The van der Waals surface area contributed by atoms with E-state index in [1.54, 1.807) is 0 Å². The van der Waals surface area contributed by atoms with Gasteiger partial charge in [-0.1, -0.05) is 6.07 Å². The van der Waals surface area contributed by atoms with E-state index in [1.807, 2.05) is 0 Å². The van der Waals surface area contributed by atoms with E-state index in [1.165, 1.54) is 6.07 Å². The highest BCUT2D eigenvalue weighted by atomic mass is 32.2. The summed E-state index contributed by atoms with van der Waals surface area (Å²) in [5.74, 6) is -1.09. The van der Waals surface area contributed by atoms with E-state index in [9.17, 15) is 26.4 Å². The summed E-state index contributed by atoms with van der Waals surface area (Å²) in [4.78, 5) is 12.0. The predicted molar refractivity (Wildman–Crippen MR) is 83.3 cm³/mol. The fourth-order valence-corrected chi connectivity index (χ4v) is 4.57. The summed E-state index contributed by atoms with van der Waals surface area (Å²) in [6, 6.07) is 3.32. The van der Waals surface area contributed by atoms with Crippen LogP contribution in [0.2, 0.25) is 0 Å². The molecule has 5 nitrogen and oxygen atoms in total.